The van der Waals surface area contributed by atoms with Crippen LogP contribution >= 0.6 is 0 Å². The summed E-state index contributed by atoms with van der Waals surface area (Å²) >= 11 is 0. The highest BCUT2D eigenvalue weighted by Crippen LogP contribution is 2.56. The van der Waals surface area contributed by atoms with Crippen molar-refractivity contribution in [2.24, 2.45) is 0 Å². The number of ketones is 2. The predicted octanol–water partition coefficient (Wildman–Crippen LogP) is 6.21. The molecule has 9 heteroatoms. The van der Waals surface area contributed by atoms with Gasteiger partial charge < -0.3 is 18.9 Å². The van der Waals surface area contributed by atoms with Crippen LogP contribution in [0.15, 0.2) is 24.3 Å². The molecule has 0 aromatic heterocycles. The van der Waals surface area contributed by atoms with Crippen LogP contribution in [-0.2, 0) is 19.3 Å². The molecule has 2 fully saturated rings. The number of carbonyl (C=O) groups is 2. The summed E-state index contributed by atoms with van der Waals surface area (Å²) in [7, 11) is -0.507. The van der Waals surface area contributed by atoms with Gasteiger partial charge in [-0.1, -0.05) is 65.2 Å². The van der Waals surface area contributed by atoms with Gasteiger partial charge in [0.25, 0.3) is 0 Å². The van der Waals surface area contributed by atoms with E-state index >= 15 is 0 Å². The lowest BCUT2D eigenvalue weighted by Gasteiger charge is -2.15. The summed E-state index contributed by atoms with van der Waals surface area (Å²) < 4.78 is 47.3. The Hall–Kier alpha value is -2.23. The van der Waals surface area contributed by atoms with E-state index in [4.69, 9.17) is 18.9 Å². The van der Waals surface area contributed by atoms with E-state index in [9.17, 15) is 18.0 Å². The molecule has 1 aliphatic carbocycles. The number of sulfone groups is 1. The molecular formula is C30H44O8S. The molecule has 0 amide bonds. The highest BCUT2D eigenvalue weighted by atomic mass is 32.2. The second-order valence-electron chi connectivity index (χ2n) is 10.7. The Balaban J connectivity index is 0.000000230. The van der Waals surface area contributed by atoms with Gasteiger partial charge in [-0.3, -0.25) is 9.59 Å². The van der Waals surface area contributed by atoms with Gasteiger partial charge in [-0.25, -0.2) is 8.42 Å². The van der Waals surface area contributed by atoms with E-state index < -0.39 is 19.7 Å². The average Bonchev–Trinajstić information content (AvgIpc) is 3.81. The minimum absolute atomic E-state index is 0.147. The van der Waals surface area contributed by atoms with E-state index in [2.05, 4.69) is 13.8 Å². The summed E-state index contributed by atoms with van der Waals surface area (Å²) in [6.45, 7) is 7.81. The Labute approximate surface area is 233 Å². The maximum Gasteiger partial charge on any atom is 0.214 e. The second-order valence-corrected chi connectivity index (χ2v) is 13.4. The summed E-state index contributed by atoms with van der Waals surface area (Å²) in [5.41, 5.74) is 0.545. The van der Waals surface area contributed by atoms with Crippen molar-refractivity contribution in [2.75, 3.05) is 14.2 Å². The maximum atomic E-state index is 12.9. The fourth-order valence-corrected chi connectivity index (χ4v) is 7.46. The molecule has 1 aromatic carbocycles. The first-order valence-corrected chi connectivity index (χ1v) is 15.6. The number of benzene rings is 1. The Morgan fingerprint density at radius 3 is 1.44 bits per heavy atom. The number of allylic oxidation sites excluding steroid dienone is 2. The van der Waals surface area contributed by atoms with Crippen molar-refractivity contribution in [3.63, 3.8) is 0 Å². The zero-order chi connectivity index (χ0) is 28.8. The topological polar surface area (TPSA) is 112 Å². The molecule has 218 valence electrons. The van der Waals surface area contributed by atoms with E-state index in [0.717, 1.165) is 38.5 Å². The molecule has 0 bridgehead atoms. The molecule has 2 aliphatic heterocycles. The van der Waals surface area contributed by atoms with E-state index in [1.165, 1.54) is 52.1 Å². The molecule has 3 aliphatic rings. The van der Waals surface area contributed by atoms with Crippen LogP contribution in [0, 0.1) is 0 Å². The third-order valence-electron chi connectivity index (χ3n) is 7.96. The molecule has 4 rings (SSSR count). The SMILES string of the molecule is CCCCCCC1OC1(C)S(=O)(=O)C1(C)OC1CCCCCC.COc1ccc(OC)c2c1C(=O)C=CC2=O. The number of hydrogen-bond donors (Lipinski definition) is 0. The molecule has 39 heavy (non-hydrogen) atoms. The van der Waals surface area contributed by atoms with Crippen LogP contribution in [0.1, 0.15) is 113 Å². The third kappa shape index (κ3) is 6.41. The van der Waals surface area contributed by atoms with Gasteiger partial charge in [0.2, 0.25) is 9.84 Å². The standard InChI is InChI=1S/C18H34O4S.C12H10O4/c1-5-7-9-11-13-15-17(3,21-15)23(19,20)18(4)16(22-18)14-12-10-8-6-2;1-15-9-5-6-10(16-2)12-8(14)4-3-7(13)11(9)12/h15-16H,5-14H2,1-4H3;3-6H,1-2H3. The molecule has 0 N–H and O–H groups in total. The van der Waals surface area contributed by atoms with Crippen LogP contribution < -0.4 is 9.47 Å². The van der Waals surface area contributed by atoms with Gasteiger partial charge in [0.05, 0.1) is 25.3 Å². The molecule has 0 radical (unpaired) electrons. The molecular weight excluding hydrogens is 520 g/mol. The van der Waals surface area contributed by atoms with Gasteiger partial charge in [-0.05, 0) is 51.0 Å². The zero-order valence-corrected chi connectivity index (χ0v) is 25.0. The number of unbranched alkanes of at least 4 members (excludes halogenated alkanes) is 6. The van der Waals surface area contributed by atoms with Gasteiger partial charge in [0.1, 0.15) is 23.7 Å². The number of rotatable bonds is 14. The lowest BCUT2D eigenvalue weighted by atomic mass is 9.93. The van der Waals surface area contributed by atoms with Crippen LogP contribution in [-0.4, -0.2) is 56.3 Å². The number of methoxy groups -OCH3 is 2. The lowest BCUT2D eigenvalue weighted by molar-refractivity contribution is 0.0989. The van der Waals surface area contributed by atoms with Crippen molar-refractivity contribution in [3.8, 4) is 11.5 Å². The Kier molecular flexibility index (Phi) is 10.4. The number of hydrogen-bond acceptors (Lipinski definition) is 8. The number of epoxide rings is 2. The van der Waals surface area contributed by atoms with Crippen molar-refractivity contribution >= 4 is 21.4 Å². The van der Waals surface area contributed by atoms with Gasteiger partial charge in [-0.15, -0.1) is 0 Å². The lowest BCUT2D eigenvalue weighted by Crippen LogP contribution is -2.37. The minimum atomic E-state index is -3.42. The van der Waals surface area contributed by atoms with Crippen LogP contribution in [0.2, 0.25) is 0 Å². The fraction of sp³-hybridized carbons (Fsp3) is 0.667. The summed E-state index contributed by atoms with van der Waals surface area (Å²) in [4.78, 5) is 21.4. The minimum Gasteiger partial charge on any atom is -0.496 e. The quantitative estimate of drug-likeness (QED) is 0.194. The molecule has 1 aromatic rings. The first-order chi connectivity index (χ1) is 18.5. The van der Waals surface area contributed by atoms with Crippen LogP contribution in [0.5, 0.6) is 11.5 Å². The van der Waals surface area contributed by atoms with E-state index in [0.29, 0.717) is 11.5 Å². The van der Waals surface area contributed by atoms with Crippen LogP contribution in [0.25, 0.3) is 0 Å². The van der Waals surface area contributed by atoms with Crippen molar-refractivity contribution in [3.05, 3.63) is 35.4 Å². The van der Waals surface area contributed by atoms with Gasteiger partial charge in [-0.2, -0.15) is 0 Å². The zero-order valence-electron chi connectivity index (χ0n) is 24.2. The van der Waals surface area contributed by atoms with Gasteiger partial charge in [0, 0.05) is 0 Å². The van der Waals surface area contributed by atoms with Crippen molar-refractivity contribution in [1.29, 1.82) is 0 Å². The average molecular weight is 565 g/mol. The molecule has 0 spiro atoms. The van der Waals surface area contributed by atoms with Crippen LogP contribution in [0.3, 0.4) is 0 Å². The normalized spacial score (nSPS) is 26.9. The summed E-state index contributed by atoms with van der Waals surface area (Å²) in [5, 5.41) is 0. The maximum absolute atomic E-state index is 12.9. The molecule has 4 atom stereocenters. The second kappa shape index (κ2) is 13.0. The Morgan fingerprint density at radius 2 is 1.10 bits per heavy atom. The number of fused-ring (bicyclic) bond motifs is 1. The van der Waals surface area contributed by atoms with E-state index in [1.54, 1.807) is 26.0 Å². The number of carbonyl (C=O) groups excluding carboxylic acids is 2. The summed E-state index contributed by atoms with van der Waals surface area (Å²) in [6, 6.07) is 3.23. The molecule has 8 nitrogen and oxygen atoms in total. The molecule has 2 saturated heterocycles. The number of ether oxygens (including phenoxy) is 4. The van der Waals surface area contributed by atoms with E-state index in [1.807, 2.05) is 0 Å². The van der Waals surface area contributed by atoms with Gasteiger partial charge in [0.15, 0.2) is 21.4 Å². The summed E-state index contributed by atoms with van der Waals surface area (Å²) in [5.74, 6) is 0.285. The third-order valence-corrected chi connectivity index (χ3v) is 10.8. The smallest absolute Gasteiger partial charge is 0.214 e. The predicted molar refractivity (Wildman–Crippen MR) is 150 cm³/mol. The molecule has 0 saturated carbocycles. The Bertz CT molecular complexity index is 1090. The molecule has 4 unspecified atom stereocenters. The largest absolute Gasteiger partial charge is 0.496 e. The van der Waals surface area contributed by atoms with Crippen molar-refractivity contribution < 1.29 is 37.0 Å². The van der Waals surface area contributed by atoms with Gasteiger partial charge >= 0.3 is 0 Å². The first kappa shape index (κ1) is 31.3. The van der Waals surface area contributed by atoms with Crippen molar-refractivity contribution in [1.82, 2.24) is 0 Å². The monoisotopic (exact) mass is 564 g/mol. The molecule has 2 heterocycles. The first-order valence-electron chi connectivity index (χ1n) is 14.1. The van der Waals surface area contributed by atoms with Crippen LogP contribution in [0.4, 0.5) is 0 Å². The van der Waals surface area contributed by atoms with E-state index in [-0.39, 0.29) is 34.9 Å². The highest BCUT2D eigenvalue weighted by Gasteiger charge is 2.74. The Morgan fingerprint density at radius 1 is 0.718 bits per heavy atom. The van der Waals surface area contributed by atoms with Crippen molar-refractivity contribution in [2.45, 2.75) is 114 Å². The highest BCUT2D eigenvalue weighted by molar-refractivity contribution is 7.94. The fourth-order valence-electron chi connectivity index (χ4n) is 5.24. The summed E-state index contributed by atoms with van der Waals surface area (Å²) in [6.07, 6.45) is 13.0.